The van der Waals surface area contributed by atoms with Crippen LogP contribution in [-0.4, -0.2) is 10.1 Å². The van der Waals surface area contributed by atoms with Gasteiger partial charge in [0.1, 0.15) is 12.3 Å². The van der Waals surface area contributed by atoms with Gasteiger partial charge in [-0.2, -0.15) is 5.26 Å². The van der Waals surface area contributed by atoms with Crippen LogP contribution in [0, 0.1) is 18.3 Å². The number of rotatable bonds is 4. The van der Waals surface area contributed by atoms with Crippen molar-refractivity contribution in [3.63, 3.8) is 0 Å². The third-order valence-corrected chi connectivity index (χ3v) is 4.25. The van der Waals surface area contributed by atoms with Crippen molar-refractivity contribution in [3.8, 4) is 6.07 Å². The van der Waals surface area contributed by atoms with Gasteiger partial charge in [0.2, 0.25) is 0 Å². The monoisotopic (exact) mass is 328 g/mol. The average Bonchev–Trinajstić information content (AvgIpc) is 3.22. The number of benzene rings is 1. The molecule has 0 radical (unpaired) electrons. The highest BCUT2D eigenvalue weighted by atomic mass is 32.2. The van der Waals surface area contributed by atoms with E-state index in [1.807, 2.05) is 39.8 Å². The van der Waals surface area contributed by atoms with E-state index in [1.54, 1.807) is 12.5 Å². The Morgan fingerprint density at radius 3 is 2.87 bits per heavy atom. The lowest BCUT2D eigenvalue weighted by molar-refractivity contribution is 0.411. The molecule has 5 nitrogen and oxygen atoms in total. The third kappa shape index (κ3) is 3.35. The van der Waals surface area contributed by atoms with E-state index in [9.17, 15) is 5.26 Å². The van der Waals surface area contributed by atoms with Crippen LogP contribution in [-0.2, 0) is 6.42 Å². The lowest BCUT2D eigenvalue weighted by atomic mass is 10.1. The summed E-state index contributed by atoms with van der Waals surface area (Å²) >= 11 is 1.46. The first-order valence-corrected chi connectivity index (χ1v) is 8.43. The molecular weight excluding hydrogens is 308 g/mol. The summed E-state index contributed by atoms with van der Waals surface area (Å²) in [5, 5.41) is 14.1. The van der Waals surface area contributed by atoms with Crippen molar-refractivity contribution in [2.24, 2.45) is 0 Å². The third-order valence-electron chi connectivity index (χ3n) is 3.38. The topological polar surface area (TPSA) is 77.6 Å². The first-order valence-electron chi connectivity index (χ1n) is 7.61. The summed E-state index contributed by atoms with van der Waals surface area (Å²) in [6.45, 7) is 8.04. The highest BCUT2D eigenvalue weighted by Crippen LogP contribution is 2.32. The maximum absolute atomic E-state index is 9.17. The molecule has 0 saturated carbocycles. The number of nitriles is 1. The van der Waals surface area contributed by atoms with Crippen LogP contribution in [0.25, 0.3) is 10.9 Å². The van der Waals surface area contributed by atoms with E-state index in [0.717, 1.165) is 39.2 Å². The first kappa shape index (κ1) is 17.0. The van der Waals surface area contributed by atoms with Crippen LogP contribution in [0.15, 0.2) is 34.0 Å². The second-order valence-corrected chi connectivity index (χ2v) is 5.53. The maximum Gasteiger partial charge on any atom is 0.139 e. The molecule has 2 N–H and O–H groups in total. The van der Waals surface area contributed by atoms with Gasteiger partial charge in [-0.3, -0.25) is 0 Å². The minimum absolute atomic E-state index is 0.662. The number of hydrogen-bond acceptors (Lipinski definition) is 5. The van der Waals surface area contributed by atoms with E-state index >= 15 is 0 Å². The Bertz CT molecular complexity index is 829. The van der Waals surface area contributed by atoms with Gasteiger partial charge in [0.05, 0.1) is 27.4 Å². The normalized spacial score (nSPS) is 10.0. The van der Waals surface area contributed by atoms with Crippen molar-refractivity contribution in [2.45, 2.75) is 39.0 Å². The number of nitrogens with one attached hydrogen (secondary N) is 2. The predicted molar refractivity (Wildman–Crippen MR) is 94.5 cm³/mol. The van der Waals surface area contributed by atoms with Gasteiger partial charge in [-0.05, 0) is 36.9 Å². The van der Waals surface area contributed by atoms with Gasteiger partial charge < -0.3 is 14.2 Å². The number of hydrogen-bond donors (Lipinski definition) is 2. The van der Waals surface area contributed by atoms with Crippen LogP contribution >= 0.6 is 11.9 Å². The van der Waals surface area contributed by atoms with Crippen molar-refractivity contribution in [1.29, 1.82) is 5.26 Å². The molecule has 120 valence electrons. The molecule has 3 rings (SSSR count). The van der Waals surface area contributed by atoms with Crippen LogP contribution in [0.3, 0.4) is 0 Å². The first-order chi connectivity index (χ1) is 11.2. The second-order valence-electron chi connectivity index (χ2n) is 4.68. The van der Waals surface area contributed by atoms with Gasteiger partial charge in [0.15, 0.2) is 0 Å². The average molecular weight is 328 g/mol. The number of aromatic nitrogens is 2. The lowest BCUT2D eigenvalue weighted by Gasteiger charge is -2.07. The summed E-state index contributed by atoms with van der Waals surface area (Å²) in [4.78, 5) is 4.14. The molecule has 3 aromatic rings. The summed E-state index contributed by atoms with van der Waals surface area (Å²) in [6, 6.07) is 6.22. The van der Waals surface area contributed by atoms with Crippen molar-refractivity contribution in [2.75, 3.05) is 4.72 Å². The Labute approximate surface area is 140 Å². The smallest absolute Gasteiger partial charge is 0.139 e. The number of nitrogens with zero attached hydrogens (tertiary/aromatic N) is 2. The molecule has 23 heavy (non-hydrogen) atoms. The molecule has 0 amide bonds. The van der Waals surface area contributed by atoms with Gasteiger partial charge >= 0.3 is 0 Å². The summed E-state index contributed by atoms with van der Waals surface area (Å²) in [5.74, 6) is 0. The van der Waals surface area contributed by atoms with Crippen molar-refractivity contribution in [3.05, 3.63) is 41.4 Å². The molecule has 0 aliphatic rings. The van der Waals surface area contributed by atoms with Gasteiger partial charge in [-0.25, -0.2) is 0 Å². The Kier molecular flexibility index (Phi) is 5.72. The van der Waals surface area contributed by atoms with Crippen LogP contribution in [0.2, 0.25) is 0 Å². The van der Waals surface area contributed by atoms with Gasteiger partial charge in [-0.1, -0.05) is 32.0 Å². The molecule has 6 heteroatoms. The van der Waals surface area contributed by atoms with E-state index in [0.29, 0.717) is 5.56 Å². The zero-order valence-corrected chi connectivity index (χ0v) is 14.5. The SMILES string of the molecule is CC.CCc1nocc1SNc1ccc(C)c2c(C#N)c[nH]c12. The predicted octanol–water partition coefficient (Wildman–Crippen LogP) is 5.04. The van der Waals surface area contributed by atoms with Gasteiger partial charge in [0.25, 0.3) is 0 Å². The van der Waals surface area contributed by atoms with Crippen molar-refractivity contribution in [1.82, 2.24) is 10.1 Å². The Morgan fingerprint density at radius 2 is 2.17 bits per heavy atom. The Hall–Kier alpha value is -2.39. The highest BCUT2D eigenvalue weighted by Gasteiger charge is 2.12. The minimum atomic E-state index is 0.662. The molecule has 0 bridgehead atoms. The standard InChI is InChI=1S/C15H14N4OS.C2H6/c1-3-11-13(8-20-18-11)21-19-12-5-4-9(2)14-10(6-16)7-17-15(12)14;1-2/h4-5,7-8,17,19H,3H2,1-2H3;1-2H3. The molecule has 0 unspecified atom stereocenters. The van der Waals surface area contributed by atoms with Crippen LogP contribution in [0.1, 0.15) is 37.6 Å². The van der Waals surface area contributed by atoms with Crippen LogP contribution in [0.5, 0.6) is 0 Å². The van der Waals surface area contributed by atoms with E-state index in [2.05, 4.69) is 20.9 Å². The molecule has 0 fully saturated rings. The second kappa shape index (κ2) is 7.75. The number of aryl methyl sites for hydroxylation is 2. The fourth-order valence-corrected chi connectivity index (χ4v) is 3.06. The Balaban J connectivity index is 0.000000924. The quantitative estimate of drug-likeness (QED) is 0.656. The lowest BCUT2D eigenvalue weighted by Crippen LogP contribution is -1.91. The fourth-order valence-electron chi connectivity index (χ4n) is 2.28. The number of fused-ring (bicyclic) bond motifs is 1. The van der Waals surface area contributed by atoms with E-state index < -0.39 is 0 Å². The van der Waals surface area contributed by atoms with Gasteiger partial charge in [0, 0.05) is 11.6 Å². The maximum atomic E-state index is 9.17. The summed E-state index contributed by atoms with van der Waals surface area (Å²) in [5.41, 5.74) is 4.55. The molecule has 0 atom stereocenters. The Morgan fingerprint density at radius 1 is 1.39 bits per heavy atom. The largest absolute Gasteiger partial charge is 0.363 e. The molecule has 0 saturated heterocycles. The summed E-state index contributed by atoms with van der Waals surface area (Å²) < 4.78 is 8.30. The number of aromatic amines is 1. The van der Waals surface area contributed by atoms with Crippen molar-refractivity contribution >= 4 is 28.5 Å². The molecule has 1 aromatic carbocycles. The molecular formula is C17H20N4OS. The number of H-pyrrole nitrogens is 1. The van der Waals surface area contributed by atoms with E-state index in [1.165, 1.54) is 11.9 Å². The summed E-state index contributed by atoms with van der Waals surface area (Å²) in [6.07, 6.45) is 4.20. The molecule has 0 spiro atoms. The minimum Gasteiger partial charge on any atom is -0.363 e. The van der Waals surface area contributed by atoms with Crippen LogP contribution in [0.4, 0.5) is 5.69 Å². The van der Waals surface area contributed by atoms with Crippen LogP contribution < -0.4 is 4.72 Å². The van der Waals surface area contributed by atoms with Gasteiger partial charge in [-0.15, -0.1) is 0 Å². The highest BCUT2D eigenvalue weighted by molar-refractivity contribution is 8.00. The summed E-state index contributed by atoms with van der Waals surface area (Å²) in [7, 11) is 0. The fraction of sp³-hybridized carbons (Fsp3) is 0.294. The molecule has 0 aliphatic carbocycles. The zero-order valence-electron chi connectivity index (χ0n) is 13.7. The van der Waals surface area contributed by atoms with E-state index in [4.69, 9.17) is 4.52 Å². The molecule has 2 aromatic heterocycles. The van der Waals surface area contributed by atoms with Crippen molar-refractivity contribution < 1.29 is 4.52 Å². The zero-order chi connectivity index (χ0) is 16.8. The molecule has 2 heterocycles. The number of anilines is 1. The van der Waals surface area contributed by atoms with E-state index in [-0.39, 0.29) is 0 Å². The molecule has 0 aliphatic heterocycles.